The molecule has 1 fully saturated rings. The normalized spacial score (nSPS) is 15.6. The van der Waals surface area contributed by atoms with Gasteiger partial charge in [0.2, 0.25) is 0 Å². The second kappa shape index (κ2) is 6.07. The Morgan fingerprint density at radius 1 is 1.25 bits per heavy atom. The number of carbonyl (C=O) groups excluding carboxylic acids is 2. The minimum atomic E-state index is -0.541. The quantitative estimate of drug-likeness (QED) is 0.839. The molecule has 0 spiro atoms. The summed E-state index contributed by atoms with van der Waals surface area (Å²) in [4.78, 5) is 24.0. The summed E-state index contributed by atoms with van der Waals surface area (Å²) in [5, 5.41) is 2.80. The Morgan fingerprint density at radius 3 is 2.35 bits per heavy atom. The van der Waals surface area contributed by atoms with Crippen molar-refractivity contribution in [3.63, 3.8) is 0 Å². The van der Waals surface area contributed by atoms with Gasteiger partial charge in [-0.1, -0.05) is 30.0 Å². The maximum atomic E-state index is 12.3. The van der Waals surface area contributed by atoms with Crippen LogP contribution < -0.4 is 5.32 Å². The molecule has 2 rings (SSSR count). The predicted molar refractivity (Wildman–Crippen MR) is 76.5 cm³/mol. The zero-order chi connectivity index (χ0) is 14.7. The number of carbonyl (C=O) groups is 2. The first-order valence-corrected chi connectivity index (χ1v) is 6.96. The molecule has 0 aromatic heterocycles. The molecule has 0 radical (unpaired) electrons. The third-order valence-corrected chi connectivity index (χ3v) is 3.54. The van der Waals surface area contributed by atoms with E-state index in [1.165, 1.54) is 7.11 Å². The second-order valence-corrected chi connectivity index (χ2v) is 5.60. The highest BCUT2D eigenvalue weighted by molar-refractivity contribution is 5.97. The Hall–Kier alpha value is -1.84. The number of hydrogen-bond acceptors (Lipinski definition) is 3. The van der Waals surface area contributed by atoms with Gasteiger partial charge in [-0.3, -0.25) is 4.79 Å². The number of rotatable bonds is 5. The Morgan fingerprint density at radius 2 is 1.85 bits per heavy atom. The summed E-state index contributed by atoms with van der Waals surface area (Å²) in [5.41, 5.74) is 2.66. The van der Waals surface area contributed by atoms with Gasteiger partial charge in [0.25, 0.3) is 5.91 Å². The predicted octanol–water partition coefficient (Wildman–Crippen LogP) is 2.37. The second-order valence-electron chi connectivity index (χ2n) is 5.60. The van der Waals surface area contributed by atoms with E-state index in [9.17, 15) is 9.59 Å². The molecule has 0 bridgehead atoms. The Labute approximate surface area is 119 Å². The third kappa shape index (κ3) is 3.83. The van der Waals surface area contributed by atoms with Crippen molar-refractivity contribution in [3.05, 3.63) is 34.9 Å². The molecule has 1 aliphatic carbocycles. The average molecular weight is 275 g/mol. The lowest BCUT2D eigenvalue weighted by Crippen LogP contribution is -2.41. The van der Waals surface area contributed by atoms with Crippen LogP contribution in [0.1, 0.15) is 40.7 Å². The van der Waals surface area contributed by atoms with Crippen molar-refractivity contribution in [3.8, 4) is 0 Å². The molecule has 1 aliphatic rings. The number of nitrogens with one attached hydrogen (secondary N) is 1. The number of benzene rings is 1. The summed E-state index contributed by atoms with van der Waals surface area (Å²) in [7, 11) is 1.35. The molecule has 4 heteroatoms. The van der Waals surface area contributed by atoms with Crippen molar-refractivity contribution in [2.75, 3.05) is 7.11 Å². The van der Waals surface area contributed by atoms with Gasteiger partial charge in [0, 0.05) is 5.56 Å². The minimum absolute atomic E-state index is 0.215. The minimum Gasteiger partial charge on any atom is -0.467 e. The molecule has 1 atom stereocenters. The molecule has 0 saturated heterocycles. The van der Waals surface area contributed by atoms with Crippen molar-refractivity contribution < 1.29 is 14.3 Å². The maximum absolute atomic E-state index is 12.3. The van der Waals surface area contributed by atoms with Crippen LogP contribution in [0.25, 0.3) is 0 Å². The van der Waals surface area contributed by atoms with Crippen LogP contribution in [0.15, 0.2) is 18.2 Å². The van der Waals surface area contributed by atoms with Crippen LogP contribution in [0, 0.1) is 19.8 Å². The zero-order valence-corrected chi connectivity index (χ0v) is 12.2. The van der Waals surface area contributed by atoms with Gasteiger partial charge in [0.1, 0.15) is 6.04 Å². The van der Waals surface area contributed by atoms with Crippen molar-refractivity contribution in [1.82, 2.24) is 5.32 Å². The van der Waals surface area contributed by atoms with Gasteiger partial charge in [-0.25, -0.2) is 4.79 Å². The van der Waals surface area contributed by atoms with E-state index in [0.717, 1.165) is 24.0 Å². The summed E-state index contributed by atoms with van der Waals surface area (Å²) in [5.74, 6) is -0.0406. The highest BCUT2D eigenvalue weighted by Gasteiger charge is 2.31. The van der Waals surface area contributed by atoms with Gasteiger partial charge in [-0.05, 0) is 38.3 Å². The largest absolute Gasteiger partial charge is 0.467 e. The van der Waals surface area contributed by atoms with Gasteiger partial charge in [-0.15, -0.1) is 0 Å². The lowest BCUT2D eigenvalue weighted by molar-refractivity contribution is -0.143. The maximum Gasteiger partial charge on any atom is 0.328 e. The highest BCUT2D eigenvalue weighted by atomic mass is 16.5. The third-order valence-electron chi connectivity index (χ3n) is 3.54. The summed E-state index contributed by atoms with van der Waals surface area (Å²) in [6, 6.07) is 5.13. The molecular formula is C16H21NO3. The van der Waals surface area contributed by atoms with Gasteiger partial charge in [0.15, 0.2) is 0 Å². The number of ether oxygens (including phenoxy) is 1. The topological polar surface area (TPSA) is 55.4 Å². The molecule has 1 amide bonds. The monoisotopic (exact) mass is 275 g/mol. The molecule has 0 heterocycles. The smallest absolute Gasteiger partial charge is 0.328 e. The molecule has 4 nitrogen and oxygen atoms in total. The van der Waals surface area contributed by atoms with Gasteiger partial charge in [0.05, 0.1) is 7.11 Å². The van der Waals surface area contributed by atoms with Crippen molar-refractivity contribution >= 4 is 11.9 Å². The van der Waals surface area contributed by atoms with E-state index >= 15 is 0 Å². The molecule has 1 aromatic carbocycles. The first-order valence-electron chi connectivity index (χ1n) is 6.96. The van der Waals surface area contributed by atoms with Crippen molar-refractivity contribution in [2.24, 2.45) is 5.92 Å². The molecule has 20 heavy (non-hydrogen) atoms. The first kappa shape index (κ1) is 14.6. The number of amides is 1. The molecule has 0 unspecified atom stereocenters. The van der Waals surface area contributed by atoms with E-state index in [2.05, 4.69) is 5.32 Å². The van der Waals surface area contributed by atoms with E-state index < -0.39 is 6.04 Å². The molecular weight excluding hydrogens is 254 g/mol. The Bertz CT molecular complexity index is 500. The van der Waals surface area contributed by atoms with E-state index in [4.69, 9.17) is 4.74 Å². The van der Waals surface area contributed by atoms with Crippen LogP contribution in [-0.4, -0.2) is 25.0 Å². The number of aryl methyl sites for hydroxylation is 2. The van der Waals surface area contributed by atoms with Gasteiger partial charge in [-0.2, -0.15) is 0 Å². The van der Waals surface area contributed by atoms with Crippen LogP contribution in [0.5, 0.6) is 0 Å². The van der Waals surface area contributed by atoms with E-state index in [0.29, 0.717) is 17.9 Å². The van der Waals surface area contributed by atoms with E-state index in [1.54, 1.807) is 0 Å². The Balaban J connectivity index is 2.08. The number of esters is 1. The molecule has 1 N–H and O–H groups in total. The van der Waals surface area contributed by atoms with E-state index in [1.807, 2.05) is 32.0 Å². The average Bonchev–Trinajstić information content (AvgIpc) is 3.19. The van der Waals surface area contributed by atoms with Gasteiger partial charge < -0.3 is 10.1 Å². The summed E-state index contributed by atoms with van der Waals surface area (Å²) in [6.45, 7) is 3.90. The highest BCUT2D eigenvalue weighted by Crippen LogP contribution is 2.33. The van der Waals surface area contributed by atoms with Crippen molar-refractivity contribution in [1.29, 1.82) is 0 Å². The number of hydrogen-bond donors (Lipinski definition) is 1. The number of methoxy groups -OCH3 is 1. The van der Waals surface area contributed by atoms with Crippen LogP contribution in [0.4, 0.5) is 0 Å². The van der Waals surface area contributed by atoms with Crippen LogP contribution in [-0.2, 0) is 9.53 Å². The van der Waals surface area contributed by atoms with Gasteiger partial charge >= 0.3 is 5.97 Å². The molecule has 1 saturated carbocycles. The Kier molecular flexibility index (Phi) is 4.42. The van der Waals surface area contributed by atoms with Crippen LogP contribution >= 0.6 is 0 Å². The standard InChI is InChI=1S/C16H21NO3/c1-10-6-11(2)8-13(7-10)15(18)17-14(16(19)20-3)9-12-4-5-12/h6-8,12,14H,4-5,9H2,1-3H3,(H,17,18)/t14-/m1/s1. The van der Waals surface area contributed by atoms with Crippen molar-refractivity contribution in [2.45, 2.75) is 39.2 Å². The fourth-order valence-corrected chi connectivity index (χ4v) is 2.39. The fourth-order valence-electron chi connectivity index (χ4n) is 2.39. The van der Waals surface area contributed by atoms with Crippen LogP contribution in [0.2, 0.25) is 0 Å². The molecule has 0 aliphatic heterocycles. The summed E-state index contributed by atoms with van der Waals surface area (Å²) in [6.07, 6.45) is 2.93. The molecule has 108 valence electrons. The first-order chi connectivity index (χ1) is 9.49. The molecule has 1 aromatic rings. The zero-order valence-electron chi connectivity index (χ0n) is 12.2. The lowest BCUT2D eigenvalue weighted by atomic mass is 10.1. The summed E-state index contributed by atoms with van der Waals surface area (Å²) >= 11 is 0. The lowest BCUT2D eigenvalue weighted by Gasteiger charge is -2.16. The van der Waals surface area contributed by atoms with Crippen LogP contribution in [0.3, 0.4) is 0 Å². The summed E-state index contributed by atoms with van der Waals surface area (Å²) < 4.78 is 4.77. The SMILES string of the molecule is COC(=O)[C@@H](CC1CC1)NC(=O)c1cc(C)cc(C)c1. The van der Waals surface area contributed by atoms with E-state index in [-0.39, 0.29) is 11.9 Å². The fraction of sp³-hybridized carbons (Fsp3) is 0.500.